The summed E-state index contributed by atoms with van der Waals surface area (Å²) < 4.78 is 4.76. The van der Waals surface area contributed by atoms with Crippen molar-refractivity contribution in [1.29, 1.82) is 0 Å². The molecule has 1 unspecified atom stereocenters. The Morgan fingerprint density at radius 3 is 2.35 bits per heavy atom. The van der Waals surface area contributed by atoms with Crippen molar-refractivity contribution in [3.63, 3.8) is 0 Å². The van der Waals surface area contributed by atoms with Gasteiger partial charge in [0.05, 0.1) is 19.2 Å². The van der Waals surface area contributed by atoms with Gasteiger partial charge in [-0.3, -0.25) is 14.5 Å². The molecule has 182 valence electrons. The molecule has 1 aliphatic heterocycles. The second-order valence-corrected chi connectivity index (χ2v) is 8.41. The summed E-state index contributed by atoms with van der Waals surface area (Å²) in [5, 5.41) is 2.94. The lowest BCUT2D eigenvalue weighted by Gasteiger charge is -2.40. The molecule has 0 aromatic heterocycles. The van der Waals surface area contributed by atoms with E-state index in [1.54, 1.807) is 41.3 Å². The first-order chi connectivity index (χ1) is 16.4. The van der Waals surface area contributed by atoms with E-state index in [-0.39, 0.29) is 30.4 Å². The number of ether oxygens (including phenoxy) is 1. The molecule has 8 nitrogen and oxygen atoms in total. The van der Waals surface area contributed by atoms with Crippen LogP contribution in [0.15, 0.2) is 48.5 Å². The molecular formula is C26H34N4O4. The molecule has 0 saturated carbocycles. The Bertz CT molecular complexity index is 1000. The van der Waals surface area contributed by atoms with Crippen molar-refractivity contribution in [3.05, 3.63) is 59.7 Å². The quantitative estimate of drug-likeness (QED) is 0.602. The van der Waals surface area contributed by atoms with Crippen LogP contribution in [-0.4, -0.2) is 80.0 Å². The van der Waals surface area contributed by atoms with Crippen LogP contribution < -0.4 is 10.2 Å². The van der Waals surface area contributed by atoms with Crippen LogP contribution in [0.25, 0.3) is 0 Å². The van der Waals surface area contributed by atoms with E-state index in [1.807, 2.05) is 26.0 Å². The van der Waals surface area contributed by atoms with E-state index in [1.165, 1.54) is 7.11 Å². The summed E-state index contributed by atoms with van der Waals surface area (Å²) in [6.07, 6.45) is 0. The zero-order valence-electron chi connectivity index (χ0n) is 20.4. The molecule has 2 aromatic rings. The predicted octanol–water partition coefficient (Wildman–Crippen LogP) is 3.10. The van der Waals surface area contributed by atoms with Crippen molar-refractivity contribution in [3.8, 4) is 0 Å². The van der Waals surface area contributed by atoms with Gasteiger partial charge >= 0.3 is 5.97 Å². The molecule has 3 rings (SSSR count). The second kappa shape index (κ2) is 11.7. The van der Waals surface area contributed by atoms with Crippen LogP contribution in [0.1, 0.15) is 41.5 Å². The summed E-state index contributed by atoms with van der Waals surface area (Å²) in [5.41, 5.74) is 2.76. The molecule has 1 aliphatic rings. The minimum Gasteiger partial charge on any atom is -0.465 e. The SMILES string of the molecule is CCN(CC)C(=O)c1cccc(NC(=O)CN2CCN(c3ccc(C(=O)OC)cc3)CC2C)c1. The van der Waals surface area contributed by atoms with Gasteiger partial charge in [-0.15, -0.1) is 0 Å². The van der Waals surface area contributed by atoms with Crippen LogP contribution in [-0.2, 0) is 9.53 Å². The largest absolute Gasteiger partial charge is 0.465 e. The van der Waals surface area contributed by atoms with Gasteiger partial charge in [0, 0.05) is 55.7 Å². The number of rotatable bonds is 8. The number of carbonyl (C=O) groups is 3. The Morgan fingerprint density at radius 1 is 1.03 bits per heavy atom. The van der Waals surface area contributed by atoms with E-state index in [0.29, 0.717) is 29.9 Å². The number of methoxy groups -OCH3 is 1. The standard InChI is InChI=1S/C26H34N4O4/c1-5-28(6-2)25(32)21-8-7-9-22(16-21)27-24(31)18-29-14-15-30(17-19(29)3)23-12-10-20(11-13-23)26(33)34-4/h7-13,16,19H,5-6,14-15,17-18H2,1-4H3,(H,27,31). The number of piperazine rings is 1. The molecule has 2 aromatic carbocycles. The first kappa shape index (κ1) is 25.2. The summed E-state index contributed by atoms with van der Waals surface area (Å²) in [6.45, 7) is 9.87. The molecule has 0 radical (unpaired) electrons. The molecule has 8 heteroatoms. The monoisotopic (exact) mass is 466 g/mol. The van der Waals surface area contributed by atoms with Crippen molar-refractivity contribution in [1.82, 2.24) is 9.80 Å². The highest BCUT2D eigenvalue weighted by Gasteiger charge is 2.25. The van der Waals surface area contributed by atoms with Gasteiger partial charge < -0.3 is 19.9 Å². The lowest BCUT2D eigenvalue weighted by Crippen LogP contribution is -2.53. The minimum atomic E-state index is -0.348. The number of nitrogens with zero attached hydrogens (tertiary/aromatic N) is 3. The maximum atomic E-state index is 12.7. The van der Waals surface area contributed by atoms with Gasteiger partial charge in [0.1, 0.15) is 0 Å². The van der Waals surface area contributed by atoms with E-state index in [0.717, 1.165) is 25.3 Å². The fraction of sp³-hybridized carbons (Fsp3) is 0.423. The maximum Gasteiger partial charge on any atom is 0.337 e. The topological polar surface area (TPSA) is 82.2 Å². The lowest BCUT2D eigenvalue weighted by molar-refractivity contribution is -0.117. The molecule has 34 heavy (non-hydrogen) atoms. The van der Waals surface area contributed by atoms with Crippen LogP contribution in [0.5, 0.6) is 0 Å². The number of anilines is 2. The van der Waals surface area contributed by atoms with Crippen LogP contribution >= 0.6 is 0 Å². The van der Waals surface area contributed by atoms with Crippen LogP contribution in [0.2, 0.25) is 0 Å². The van der Waals surface area contributed by atoms with E-state index >= 15 is 0 Å². The highest BCUT2D eigenvalue weighted by molar-refractivity contribution is 5.97. The van der Waals surface area contributed by atoms with Gasteiger partial charge in [-0.25, -0.2) is 4.79 Å². The third kappa shape index (κ3) is 6.14. The van der Waals surface area contributed by atoms with Crippen molar-refractivity contribution < 1.29 is 19.1 Å². The fourth-order valence-corrected chi connectivity index (χ4v) is 4.20. The highest BCUT2D eigenvalue weighted by Crippen LogP contribution is 2.20. The second-order valence-electron chi connectivity index (χ2n) is 8.41. The number of benzene rings is 2. The molecule has 1 saturated heterocycles. The van der Waals surface area contributed by atoms with Crippen molar-refractivity contribution in [2.75, 3.05) is 56.6 Å². The zero-order valence-corrected chi connectivity index (χ0v) is 20.4. The molecule has 1 atom stereocenters. The Kier molecular flexibility index (Phi) is 8.65. The number of nitrogens with one attached hydrogen (secondary N) is 1. The van der Waals surface area contributed by atoms with Crippen LogP contribution in [0.3, 0.4) is 0 Å². The minimum absolute atomic E-state index is 0.0366. The van der Waals surface area contributed by atoms with Gasteiger partial charge in [-0.05, 0) is 63.2 Å². The normalized spacial score (nSPS) is 16.1. The van der Waals surface area contributed by atoms with E-state index in [9.17, 15) is 14.4 Å². The van der Waals surface area contributed by atoms with Crippen molar-refractivity contribution >= 4 is 29.2 Å². The molecule has 2 amide bonds. The van der Waals surface area contributed by atoms with Gasteiger partial charge in [0.25, 0.3) is 5.91 Å². The van der Waals surface area contributed by atoms with Crippen molar-refractivity contribution in [2.24, 2.45) is 0 Å². The van der Waals surface area contributed by atoms with Crippen LogP contribution in [0.4, 0.5) is 11.4 Å². The van der Waals surface area contributed by atoms with Crippen LogP contribution in [0, 0.1) is 0 Å². The molecule has 1 fully saturated rings. The van der Waals surface area contributed by atoms with Gasteiger partial charge in [-0.2, -0.15) is 0 Å². The summed E-state index contributed by atoms with van der Waals surface area (Å²) in [4.78, 5) is 43.1. The Hall–Kier alpha value is -3.39. The zero-order chi connectivity index (χ0) is 24.7. The van der Waals surface area contributed by atoms with E-state index in [4.69, 9.17) is 4.74 Å². The Balaban J connectivity index is 1.55. The maximum absolute atomic E-state index is 12.7. The third-order valence-corrected chi connectivity index (χ3v) is 6.21. The fourth-order valence-electron chi connectivity index (χ4n) is 4.20. The van der Waals surface area contributed by atoms with Gasteiger partial charge in [0.15, 0.2) is 0 Å². The summed E-state index contributed by atoms with van der Waals surface area (Å²) in [6, 6.07) is 14.7. The van der Waals surface area contributed by atoms with E-state index < -0.39 is 0 Å². The number of carbonyl (C=O) groups excluding carboxylic acids is 3. The first-order valence-electron chi connectivity index (χ1n) is 11.7. The highest BCUT2D eigenvalue weighted by atomic mass is 16.5. The Morgan fingerprint density at radius 2 is 1.74 bits per heavy atom. The molecule has 1 N–H and O–H groups in total. The summed E-state index contributed by atoms with van der Waals surface area (Å²) >= 11 is 0. The van der Waals surface area contributed by atoms with Gasteiger partial charge in [-0.1, -0.05) is 6.07 Å². The Labute approximate surface area is 201 Å². The molecule has 1 heterocycles. The average Bonchev–Trinajstić information content (AvgIpc) is 2.85. The number of hydrogen-bond donors (Lipinski definition) is 1. The number of esters is 1. The first-order valence-corrected chi connectivity index (χ1v) is 11.7. The summed E-state index contributed by atoms with van der Waals surface area (Å²) in [5.74, 6) is -0.487. The molecule has 0 spiro atoms. The summed E-state index contributed by atoms with van der Waals surface area (Å²) in [7, 11) is 1.37. The molecule has 0 aliphatic carbocycles. The van der Waals surface area contributed by atoms with E-state index in [2.05, 4.69) is 22.0 Å². The number of amides is 2. The molecule has 0 bridgehead atoms. The third-order valence-electron chi connectivity index (χ3n) is 6.21. The van der Waals surface area contributed by atoms with Crippen molar-refractivity contribution in [2.45, 2.75) is 26.8 Å². The lowest BCUT2D eigenvalue weighted by atomic mass is 10.1. The smallest absolute Gasteiger partial charge is 0.337 e. The average molecular weight is 467 g/mol. The number of hydrogen-bond acceptors (Lipinski definition) is 6. The van der Waals surface area contributed by atoms with Gasteiger partial charge in [0.2, 0.25) is 5.91 Å². The molecular weight excluding hydrogens is 432 g/mol. The predicted molar refractivity (Wildman–Crippen MR) is 133 cm³/mol.